The summed E-state index contributed by atoms with van der Waals surface area (Å²) in [7, 11) is 0. The smallest absolute Gasteiger partial charge is 0.410 e. The number of aliphatic hydroxyl groups is 1. The fourth-order valence-electron chi connectivity index (χ4n) is 1.18. The highest BCUT2D eigenvalue weighted by Crippen LogP contribution is 2.11. The highest BCUT2D eigenvalue weighted by molar-refractivity contribution is 5.79. The number of hydrogen-bond acceptors (Lipinski definition) is 5. The maximum atomic E-state index is 11.1. The molecule has 0 aromatic heterocycles. The van der Waals surface area contributed by atoms with Gasteiger partial charge in [-0.1, -0.05) is 0 Å². The fraction of sp³-hybridized carbons (Fsp3) is 0.750. The lowest BCUT2D eigenvalue weighted by molar-refractivity contribution is -0.144. The second-order valence-corrected chi connectivity index (χ2v) is 2.85. The zero-order valence-electron chi connectivity index (χ0n) is 7.93. The number of hydrogen-bond donors (Lipinski definition) is 1. The van der Waals surface area contributed by atoms with Crippen LogP contribution in [-0.4, -0.2) is 54.5 Å². The second kappa shape index (κ2) is 4.80. The molecule has 0 aromatic rings. The zero-order valence-corrected chi connectivity index (χ0v) is 7.93. The van der Waals surface area contributed by atoms with Crippen molar-refractivity contribution in [3.63, 3.8) is 0 Å². The summed E-state index contributed by atoms with van der Waals surface area (Å²) in [5, 5.41) is 8.87. The molecule has 14 heavy (non-hydrogen) atoms. The molecule has 1 heterocycles. The van der Waals surface area contributed by atoms with Gasteiger partial charge < -0.3 is 14.6 Å². The third-order valence-electron chi connectivity index (χ3n) is 1.89. The van der Waals surface area contributed by atoms with Crippen LogP contribution in [0.5, 0.6) is 0 Å². The summed E-state index contributed by atoms with van der Waals surface area (Å²) in [6.45, 7) is 1.69. The van der Waals surface area contributed by atoms with Crippen molar-refractivity contribution in [3.8, 4) is 0 Å². The molecule has 1 aliphatic heterocycles. The Balaban J connectivity index is 2.48. The van der Waals surface area contributed by atoms with Crippen LogP contribution in [-0.2, 0) is 14.3 Å². The Morgan fingerprint density at radius 1 is 1.79 bits per heavy atom. The molecule has 0 spiro atoms. The van der Waals surface area contributed by atoms with Crippen LogP contribution < -0.4 is 0 Å². The minimum absolute atomic E-state index is 0.120. The summed E-state index contributed by atoms with van der Waals surface area (Å²) < 4.78 is 9.34. The summed E-state index contributed by atoms with van der Waals surface area (Å²) in [6, 6.07) is -0.438. The van der Waals surface area contributed by atoms with Crippen LogP contribution in [0.25, 0.3) is 0 Å². The van der Waals surface area contributed by atoms with E-state index in [2.05, 4.69) is 9.47 Å². The van der Waals surface area contributed by atoms with E-state index < -0.39 is 18.1 Å². The summed E-state index contributed by atoms with van der Waals surface area (Å²) >= 11 is 0. The van der Waals surface area contributed by atoms with Gasteiger partial charge in [0.1, 0.15) is 13.2 Å². The summed E-state index contributed by atoms with van der Waals surface area (Å²) in [4.78, 5) is 23.3. The first kappa shape index (κ1) is 10.8. The Kier molecular flexibility index (Phi) is 3.70. The predicted octanol–water partition coefficient (Wildman–Crippen LogP) is -0.637. The lowest BCUT2D eigenvalue weighted by Gasteiger charge is -2.17. The van der Waals surface area contributed by atoms with Crippen molar-refractivity contribution in [3.05, 3.63) is 0 Å². The molecule has 80 valence electrons. The number of carbonyl (C=O) groups is 2. The maximum absolute atomic E-state index is 11.1. The topological polar surface area (TPSA) is 76.1 Å². The molecule has 1 rings (SSSR count). The van der Waals surface area contributed by atoms with Gasteiger partial charge in [-0.15, -0.1) is 0 Å². The number of nitrogens with zero attached hydrogens (tertiary/aromatic N) is 1. The van der Waals surface area contributed by atoms with E-state index in [1.807, 2.05) is 0 Å². The van der Waals surface area contributed by atoms with Crippen LogP contribution >= 0.6 is 0 Å². The van der Waals surface area contributed by atoms with E-state index in [-0.39, 0.29) is 26.4 Å². The van der Waals surface area contributed by atoms with Crippen LogP contribution in [0.15, 0.2) is 0 Å². The van der Waals surface area contributed by atoms with Gasteiger partial charge in [-0.2, -0.15) is 0 Å². The molecular formula is C8H13NO5. The summed E-state index contributed by atoms with van der Waals surface area (Å²) in [6.07, 6.45) is -0.586. The standard InChI is InChI=1S/C8H13NO5/c1-2-13-7(11)3-9-6(4-10)5-14-8(9)12/h6,10H,2-5H2,1H3/t6-/m1/s1. The van der Waals surface area contributed by atoms with Crippen LogP contribution in [0.2, 0.25) is 0 Å². The van der Waals surface area contributed by atoms with Crippen molar-refractivity contribution in [1.29, 1.82) is 0 Å². The first-order chi connectivity index (χ1) is 6.69. The Hall–Kier alpha value is -1.30. The lowest BCUT2D eigenvalue weighted by Crippen LogP contribution is -2.40. The zero-order chi connectivity index (χ0) is 10.6. The third kappa shape index (κ3) is 2.35. The summed E-state index contributed by atoms with van der Waals surface area (Å²) in [5.74, 6) is -0.496. The van der Waals surface area contributed by atoms with Crippen molar-refractivity contribution in [2.24, 2.45) is 0 Å². The monoisotopic (exact) mass is 203 g/mol. The molecule has 1 aliphatic rings. The highest BCUT2D eigenvalue weighted by atomic mass is 16.6. The van der Waals surface area contributed by atoms with Crippen molar-refractivity contribution in [2.45, 2.75) is 13.0 Å². The minimum atomic E-state index is -0.586. The molecule has 0 bridgehead atoms. The minimum Gasteiger partial charge on any atom is -0.465 e. The van der Waals surface area contributed by atoms with Gasteiger partial charge in [0.05, 0.1) is 19.3 Å². The van der Waals surface area contributed by atoms with Gasteiger partial charge in [0.15, 0.2) is 0 Å². The number of esters is 1. The van der Waals surface area contributed by atoms with Gasteiger partial charge in [0.25, 0.3) is 0 Å². The molecule has 1 N–H and O–H groups in total. The molecule has 6 nitrogen and oxygen atoms in total. The van der Waals surface area contributed by atoms with Gasteiger partial charge in [-0.25, -0.2) is 4.79 Å². The molecule has 1 atom stereocenters. The Morgan fingerprint density at radius 2 is 2.50 bits per heavy atom. The SMILES string of the molecule is CCOC(=O)CN1C(=O)OC[C@H]1CO. The Labute approximate surface area is 81.4 Å². The molecule has 6 heteroatoms. The third-order valence-corrected chi connectivity index (χ3v) is 1.89. The van der Waals surface area contributed by atoms with Gasteiger partial charge >= 0.3 is 12.1 Å². The van der Waals surface area contributed by atoms with Crippen LogP contribution in [0.4, 0.5) is 4.79 Å². The second-order valence-electron chi connectivity index (χ2n) is 2.85. The van der Waals surface area contributed by atoms with Crippen molar-refractivity contribution in [1.82, 2.24) is 4.90 Å². The quantitative estimate of drug-likeness (QED) is 0.615. The molecule has 0 unspecified atom stereocenters. The number of amides is 1. The molecular weight excluding hydrogens is 190 g/mol. The van der Waals surface area contributed by atoms with E-state index in [4.69, 9.17) is 5.11 Å². The molecule has 1 saturated heterocycles. The number of aliphatic hydroxyl groups excluding tert-OH is 1. The predicted molar refractivity (Wildman–Crippen MR) is 45.6 cm³/mol. The number of carbonyl (C=O) groups excluding carboxylic acids is 2. The van der Waals surface area contributed by atoms with E-state index >= 15 is 0 Å². The maximum Gasteiger partial charge on any atom is 0.410 e. The molecule has 0 saturated carbocycles. The average Bonchev–Trinajstić information content (AvgIpc) is 2.48. The molecule has 1 amide bonds. The van der Waals surface area contributed by atoms with E-state index in [1.165, 1.54) is 0 Å². The van der Waals surface area contributed by atoms with Gasteiger partial charge in [0, 0.05) is 0 Å². The highest BCUT2D eigenvalue weighted by Gasteiger charge is 2.33. The van der Waals surface area contributed by atoms with Crippen LogP contribution in [0.3, 0.4) is 0 Å². The molecule has 1 fully saturated rings. The molecule has 0 aromatic carbocycles. The molecule has 0 aliphatic carbocycles. The van der Waals surface area contributed by atoms with Crippen LogP contribution in [0, 0.1) is 0 Å². The normalized spacial score (nSPS) is 20.9. The first-order valence-corrected chi connectivity index (χ1v) is 4.39. The van der Waals surface area contributed by atoms with E-state index in [0.717, 1.165) is 4.90 Å². The van der Waals surface area contributed by atoms with Crippen LogP contribution in [0.1, 0.15) is 6.92 Å². The Bertz CT molecular complexity index is 230. The van der Waals surface area contributed by atoms with E-state index in [9.17, 15) is 9.59 Å². The van der Waals surface area contributed by atoms with Crippen molar-refractivity contribution >= 4 is 12.1 Å². The lowest BCUT2D eigenvalue weighted by atomic mass is 10.3. The fourth-order valence-corrected chi connectivity index (χ4v) is 1.18. The number of ether oxygens (including phenoxy) is 2. The summed E-state index contributed by atoms with van der Waals surface area (Å²) in [5.41, 5.74) is 0. The van der Waals surface area contributed by atoms with E-state index in [0.29, 0.717) is 0 Å². The first-order valence-electron chi connectivity index (χ1n) is 4.39. The van der Waals surface area contributed by atoms with Crippen molar-refractivity contribution < 1.29 is 24.2 Å². The van der Waals surface area contributed by atoms with Gasteiger partial charge in [0.2, 0.25) is 0 Å². The van der Waals surface area contributed by atoms with E-state index in [1.54, 1.807) is 6.92 Å². The number of rotatable bonds is 4. The van der Waals surface area contributed by atoms with Gasteiger partial charge in [-0.05, 0) is 6.92 Å². The molecule has 0 radical (unpaired) electrons. The Morgan fingerprint density at radius 3 is 3.07 bits per heavy atom. The average molecular weight is 203 g/mol. The largest absolute Gasteiger partial charge is 0.465 e. The van der Waals surface area contributed by atoms with Crippen molar-refractivity contribution in [2.75, 3.05) is 26.4 Å². The van der Waals surface area contributed by atoms with Gasteiger partial charge in [-0.3, -0.25) is 9.69 Å². The number of cyclic esters (lactones) is 1.